The zero-order chi connectivity index (χ0) is 9.31. The molecule has 2 fully saturated rings. The Balaban J connectivity index is 1.72. The van der Waals surface area contributed by atoms with Crippen LogP contribution in [0.2, 0.25) is 0 Å². The monoisotopic (exact) mass is 182 g/mol. The highest BCUT2D eigenvalue weighted by Crippen LogP contribution is 2.32. The van der Waals surface area contributed by atoms with E-state index >= 15 is 0 Å². The predicted molar refractivity (Wildman–Crippen MR) is 55.7 cm³/mol. The van der Waals surface area contributed by atoms with Gasteiger partial charge in [0.15, 0.2) is 0 Å². The molecule has 1 aliphatic heterocycles. The summed E-state index contributed by atoms with van der Waals surface area (Å²) in [6, 6.07) is 0.809. The zero-order valence-electron chi connectivity index (χ0n) is 8.76. The maximum atomic E-state index is 6.20. The molecule has 1 aliphatic carbocycles. The molecule has 1 unspecified atom stereocenters. The van der Waals surface area contributed by atoms with Gasteiger partial charge in [0.05, 0.1) is 0 Å². The number of nitrogens with two attached hydrogens (primary N) is 1. The van der Waals surface area contributed by atoms with Crippen molar-refractivity contribution in [1.29, 1.82) is 0 Å². The molecular formula is C11H22N2. The molecule has 1 heterocycles. The first kappa shape index (κ1) is 9.47. The van der Waals surface area contributed by atoms with Crippen LogP contribution in [0.3, 0.4) is 0 Å². The van der Waals surface area contributed by atoms with Crippen LogP contribution in [-0.4, -0.2) is 29.6 Å². The van der Waals surface area contributed by atoms with E-state index in [1.807, 2.05) is 0 Å². The van der Waals surface area contributed by atoms with Gasteiger partial charge < -0.3 is 10.6 Å². The van der Waals surface area contributed by atoms with E-state index in [9.17, 15) is 0 Å². The summed E-state index contributed by atoms with van der Waals surface area (Å²) in [7, 11) is 0. The number of nitrogens with zero attached hydrogens (tertiary/aromatic N) is 1. The van der Waals surface area contributed by atoms with Crippen molar-refractivity contribution >= 4 is 0 Å². The van der Waals surface area contributed by atoms with Gasteiger partial charge >= 0.3 is 0 Å². The molecule has 0 radical (unpaired) electrons. The number of rotatable bonds is 3. The Morgan fingerprint density at radius 2 is 2.15 bits per heavy atom. The standard InChI is InChI=1S/C11H22N2/c1-10-4-2-8-13(10)9-7-11(12)5-3-6-11/h10H,2-9,12H2,1H3. The molecule has 2 heteroatoms. The largest absolute Gasteiger partial charge is 0.325 e. The van der Waals surface area contributed by atoms with Crippen LogP contribution in [0.5, 0.6) is 0 Å². The normalized spacial score (nSPS) is 33.2. The molecule has 0 aromatic carbocycles. The first-order chi connectivity index (χ1) is 6.20. The Bertz CT molecular complexity index is 175. The van der Waals surface area contributed by atoms with Gasteiger partial charge in [0, 0.05) is 18.1 Å². The van der Waals surface area contributed by atoms with E-state index in [1.54, 1.807) is 0 Å². The van der Waals surface area contributed by atoms with Crippen molar-refractivity contribution in [2.45, 2.75) is 57.0 Å². The van der Waals surface area contributed by atoms with E-state index in [1.165, 1.54) is 51.6 Å². The van der Waals surface area contributed by atoms with Crippen LogP contribution in [0.4, 0.5) is 0 Å². The third-order valence-electron chi connectivity index (χ3n) is 3.94. The van der Waals surface area contributed by atoms with Crippen LogP contribution in [0.15, 0.2) is 0 Å². The van der Waals surface area contributed by atoms with Crippen molar-refractivity contribution in [2.75, 3.05) is 13.1 Å². The van der Waals surface area contributed by atoms with E-state index in [2.05, 4.69) is 11.8 Å². The summed E-state index contributed by atoms with van der Waals surface area (Å²) in [6.07, 6.45) is 7.87. The van der Waals surface area contributed by atoms with Crippen LogP contribution in [0.1, 0.15) is 45.4 Å². The molecule has 2 nitrogen and oxygen atoms in total. The molecular weight excluding hydrogens is 160 g/mol. The van der Waals surface area contributed by atoms with E-state index in [0.29, 0.717) is 0 Å². The summed E-state index contributed by atoms with van der Waals surface area (Å²) >= 11 is 0. The van der Waals surface area contributed by atoms with Gasteiger partial charge in [0.2, 0.25) is 0 Å². The minimum absolute atomic E-state index is 0.225. The lowest BCUT2D eigenvalue weighted by Gasteiger charge is -2.39. The minimum Gasteiger partial charge on any atom is -0.325 e. The van der Waals surface area contributed by atoms with Gasteiger partial charge in [-0.25, -0.2) is 0 Å². The summed E-state index contributed by atoms with van der Waals surface area (Å²) in [5, 5.41) is 0. The highest BCUT2D eigenvalue weighted by atomic mass is 15.2. The van der Waals surface area contributed by atoms with Gasteiger partial charge in [-0.2, -0.15) is 0 Å². The quantitative estimate of drug-likeness (QED) is 0.720. The van der Waals surface area contributed by atoms with Crippen molar-refractivity contribution in [3.05, 3.63) is 0 Å². The highest BCUT2D eigenvalue weighted by molar-refractivity contribution is 4.93. The predicted octanol–water partition coefficient (Wildman–Crippen LogP) is 1.74. The van der Waals surface area contributed by atoms with Crippen molar-refractivity contribution in [1.82, 2.24) is 4.90 Å². The van der Waals surface area contributed by atoms with Gasteiger partial charge in [-0.1, -0.05) is 0 Å². The fourth-order valence-electron chi connectivity index (χ4n) is 2.57. The molecule has 2 aliphatic rings. The molecule has 1 atom stereocenters. The van der Waals surface area contributed by atoms with Crippen LogP contribution in [0, 0.1) is 0 Å². The topological polar surface area (TPSA) is 29.3 Å². The van der Waals surface area contributed by atoms with Crippen LogP contribution >= 0.6 is 0 Å². The maximum absolute atomic E-state index is 6.20. The molecule has 1 saturated carbocycles. The average molecular weight is 182 g/mol. The molecule has 2 N–H and O–H groups in total. The Labute approximate surface area is 81.5 Å². The van der Waals surface area contributed by atoms with Crippen molar-refractivity contribution in [2.24, 2.45) is 5.73 Å². The zero-order valence-corrected chi connectivity index (χ0v) is 8.76. The molecule has 0 spiro atoms. The first-order valence-corrected chi connectivity index (χ1v) is 5.73. The minimum atomic E-state index is 0.225. The van der Waals surface area contributed by atoms with Crippen LogP contribution in [-0.2, 0) is 0 Å². The smallest absolute Gasteiger partial charge is 0.0166 e. The highest BCUT2D eigenvalue weighted by Gasteiger charge is 2.33. The van der Waals surface area contributed by atoms with Gasteiger partial charge in [-0.15, -0.1) is 0 Å². The van der Waals surface area contributed by atoms with E-state index < -0.39 is 0 Å². The summed E-state index contributed by atoms with van der Waals surface area (Å²) in [6.45, 7) is 4.88. The first-order valence-electron chi connectivity index (χ1n) is 5.73. The molecule has 13 heavy (non-hydrogen) atoms. The number of likely N-dealkylation sites (tertiary alicyclic amines) is 1. The number of hydrogen-bond acceptors (Lipinski definition) is 2. The lowest BCUT2D eigenvalue weighted by Crippen LogP contribution is -2.49. The molecule has 1 saturated heterocycles. The Morgan fingerprint density at radius 3 is 2.62 bits per heavy atom. The SMILES string of the molecule is CC1CCCN1CCC1(N)CCC1. The molecule has 0 aromatic rings. The van der Waals surface area contributed by atoms with Crippen LogP contribution < -0.4 is 5.73 Å². The molecule has 0 amide bonds. The summed E-state index contributed by atoms with van der Waals surface area (Å²) in [5.41, 5.74) is 6.42. The second kappa shape index (κ2) is 3.58. The van der Waals surface area contributed by atoms with E-state index in [-0.39, 0.29) is 5.54 Å². The number of hydrogen-bond donors (Lipinski definition) is 1. The average Bonchev–Trinajstić information content (AvgIpc) is 2.44. The van der Waals surface area contributed by atoms with Crippen molar-refractivity contribution in [3.63, 3.8) is 0 Å². The Kier molecular flexibility index (Phi) is 2.61. The second-order valence-electron chi connectivity index (χ2n) is 4.99. The summed E-state index contributed by atoms with van der Waals surface area (Å²) < 4.78 is 0. The van der Waals surface area contributed by atoms with Gasteiger partial charge in [0.1, 0.15) is 0 Å². The van der Waals surface area contributed by atoms with Gasteiger partial charge in [-0.05, 0) is 52.0 Å². The van der Waals surface area contributed by atoms with Gasteiger partial charge in [-0.3, -0.25) is 0 Å². The molecule has 76 valence electrons. The third kappa shape index (κ3) is 2.05. The fourth-order valence-corrected chi connectivity index (χ4v) is 2.57. The van der Waals surface area contributed by atoms with E-state index in [0.717, 1.165) is 6.04 Å². The second-order valence-corrected chi connectivity index (χ2v) is 4.99. The summed E-state index contributed by atoms with van der Waals surface area (Å²) in [4.78, 5) is 2.60. The summed E-state index contributed by atoms with van der Waals surface area (Å²) in [5.74, 6) is 0. The molecule has 2 rings (SSSR count). The Morgan fingerprint density at radius 1 is 1.38 bits per heavy atom. The Hall–Kier alpha value is -0.0800. The van der Waals surface area contributed by atoms with Gasteiger partial charge in [0.25, 0.3) is 0 Å². The lowest BCUT2D eigenvalue weighted by atomic mass is 9.75. The van der Waals surface area contributed by atoms with Crippen LogP contribution in [0.25, 0.3) is 0 Å². The molecule has 0 bridgehead atoms. The third-order valence-corrected chi connectivity index (χ3v) is 3.94. The van der Waals surface area contributed by atoms with Crippen molar-refractivity contribution < 1.29 is 0 Å². The lowest BCUT2D eigenvalue weighted by molar-refractivity contribution is 0.178. The fraction of sp³-hybridized carbons (Fsp3) is 1.00. The molecule has 0 aromatic heterocycles. The van der Waals surface area contributed by atoms with Crippen molar-refractivity contribution in [3.8, 4) is 0 Å². The maximum Gasteiger partial charge on any atom is 0.0166 e. The van der Waals surface area contributed by atoms with E-state index in [4.69, 9.17) is 5.73 Å².